The van der Waals surface area contributed by atoms with Gasteiger partial charge >= 0.3 is 0 Å². The number of aryl methyl sites for hydroxylation is 4. The molecule has 4 heterocycles. The predicted molar refractivity (Wildman–Crippen MR) is 103 cm³/mol. The molecule has 0 spiro atoms. The molecule has 0 aliphatic carbocycles. The molecule has 0 N–H and O–H groups in total. The van der Waals surface area contributed by atoms with E-state index in [0.717, 1.165) is 41.9 Å². The van der Waals surface area contributed by atoms with Gasteiger partial charge in [0.1, 0.15) is 11.5 Å². The Morgan fingerprint density at radius 3 is 2.71 bits per heavy atom. The Labute approximate surface area is 163 Å². The molecule has 3 aromatic heterocycles. The fourth-order valence-electron chi connectivity index (χ4n) is 3.84. The zero-order valence-electron chi connectivity index (χ0n) is 16.6. The number of hydrogen-bond donors (Lipinski definition) is 0. The number of rotatable bonds is 3. The first kappa shape index (κ1) is 18.3. The molecule has 1 unspecified atom stereocenters. The summed E-state index contributed by atoms with van der Waals surface area (Å²) in [6.45, 7) is 6.39. The van der Waals surface area contributed by atoms with Gasteiger partial charge in [-0.15, -0.1) is 0 Å². The molecule has 1 aliphatic heterocycles. The summed E-state index contributed by atoms with van der Waals surface area (Å²) in [7, 11) is 1.81. The van der Waals surface area contributed by atoms with Crippen LogP contribution in [0.1, 0.15) is 58.6 Å². The molecule has 1 saturated heterocycles. The van der Waals surface area contributed by atoms with E-state index in [1.54, 1.807) is 16.9 Å². The zero-order valence-corrected chi connectivity index (χ0v) is 16.6. The maximum absolute atomic E-state index is 13.1. The average Bonchev–Trinajstić information content (AvgIpc) is 3.26. The van der Waals surface area contributed by atoms with E-state index >= 15 is 0 Å². The first-order valence-corrected chi connectivity index (χ1v) is 9.53. The van der Waals surface area contributed by atoms with Gasteiger partial charge in [-0.2, -0.15) is 5.10 Å². The minimum Gasteiger partial charge on any atom is -0.361 e. The predicted octanol–water partition coefficient (Wildman–Crippen LogP) is 3.16. The summed E-state index contributed by atoms with van der Waals surface area (Å²) < 4.78 is 6.94. The monoisotopic (exact) mass is 380 g/mol. The number of carbonyl (C=O) groups excluding carboxylic acids is 1. The molecular weight excluding hydrogens is 356 g/mol. The average molecular weight is 380 g/mol. The van der Waals surface area contributed by atoms with E-state index in [4.69, 9.17) is 9.51 Å². The van der Waals surface area contributed by atoms with E-state index < -0.39 is 0 Å². The number of amides is 1. The highest BCUT2D eigenvalue weighted by Crippen LogP contribution is 2.33. The van der Waals surface area contributed by atoms with Crippen LogP contribution in [0.2, 0.25) is 0 Å². The van der Waals surface area contributed by atoms with Crippen molar-refractivity contribution >= 4 is 5.91 Å². The summed E-state index contributed by atoms with van der Waals surface area (Å²) in [5, 5.41) is 8.30. The Hall–Kier alpha value is -3.03. The van der Waals surface area contributed by atoms with Crippen molar-refractivity contribution in [2.45, 2.75) is 46.1 Å². The normalized spacial score (nSPS) is 17.1. The van der Waals surface area contributed by atoms with Gasteiger partial charge in [-0.3, -0.25) is 9.48 Å². The van der Waals surface area contributed by atoms with Gasteiger partial charge in [0.15, 0.2) is 5.82 Å². The maximum Gasteiger partial charge on any atom is 0.274 e. The summed E-state index contributed by atoms with van der Waals surface area (Å²) in [4.78, 5) is 24.4. The molecule has 4 rings (SSSR count). The molecule has 0 radical (unpaired) electrons. The molecule has 1 aliphatic rings. The standard InChI is InChI=1S/C20H24N6O2/c1-12-11-16(22-19(21-12)18-13(2)24-28-14(18)3)17-7-5-6-9-26(17)20(27)15-8-10-25(4)23-15/h8,10-11,17H,5-7,9H2,1-4H3. The summed E-state index contributed by atoms with van der Waals surface area (Å²) in [6.07, 6.45) is 4.70. The van der Waals surface area contributed by atoms with Gasteiger partial charge in [0.25, 0.3) is 5.91 Å². The van der Waals surface area contributed by atoms with Crippen LogP contribution in [-0.2, 0) is 7.05 Å². The minimum atomic E-state index is -0.0934. The quantitative estimate of drug-likeness (QED) is 0.693. The first-order chi connectivity index (χ1) is 13.4. The third-order valence-electron chi connectivity index (χ3n) is 5.17. The van der Waals surface area contributed by atoms with Crippen molar-refractivity contribution in [2.24, 2.45) is 7.05 Å². The van der Waals surface area contributed by atoms with Crippen molar-refractivity contribution in [3.8, 4) is 11.4 Å². The summed E-state index contributed by atoms with van der Waals surface area (Å²) in [5.41, 5.74) is 3.76. The van der Waals surface area contributed by atoms with Crippen LogP contribution in [0.25, 0.3) is 11.4 Å². The van der Waals surface area contributed by atoms with Gasteiger partial charge in [-0.25, -0.2) is 9.97 Å². The van der Waals surface area contributed by atoms with E-state index in [-0.39, 0.29) is 11.9 Å². The molecule has 3 aromatic rings. The van der Waals surface area contributed by atoms with Crippen molar-refractivity contribution < 1.29 is 9.32 Å². The Morgan fingerprint density at radius 1 is 1.21 bits per heavy atom. The van der Waals surface area contributed by atoms with Crippen LogP contribution in [0.4, 0.5) is 0 Å². The SMILES string of the molecule is Cc1cc(C2CCCCN2C(=O)c2ccn(C)n2)nc(-c2c(C)noc2C)n1. The van der Waals surface area contributed by atoms with Crippen LogP contribution >= 0.6 is 0 Å². The molecule has 0 saturated carbocycles. The fourth-order valence-corrected chi connectivity index (χ4v) is 3.84. The van der Waals surface area contributed by atoms with Crippen LogP contribution in [-0.4, -0.2) is 42.3 Å². The smallest absolute Gasteiger partial charge is 0.274 e. The van der Waals surface area contributed by atoms with Crippen LogP contribution in [0.5, 0.6) is 0 Å². The van der Waals surface area contributed by atoms with Gasteiger partial charge < -0.3 is 9.42 Å². The molecule has 0 aromatic carbocycles. The van der Waals surface area contributed by atoms with E-state index in [1.165, 1.54) is 0 Å². The van der Waals surface area contributed by atoms with Gasteiger partial charge in [-0.05, 0) is 52.2 Å². The molecule has 8 heteroatoms. The van der Waals surface area contributed by atoms with E-state index in [2.05, 4.69) is 15.2 Å². The number of carbonyl (C=O) groups is 1. The Balaban J connectivity index is 1.73. The number of aromatic nitrogens is 5. The number of piperidine rings is 1. The lowest BCUT2D eigenvalue weighted by Gasteiger charge is -2.35. The lowest BCUT2D eigenvalue weighted by atomic mass is 9.98. The second kappa shape index (κ2) is 7.18. The van der Waals surface area contributed by atoms with E-state index in [9.17, 15) is 4.79 Å². The molecule has 1 atom stereocenters. The topological polar surface area (TPSA) is 89.9 Å². The van der Waals surface area contributed by atoms with Crippen LogP contribution in [0.3, 0.4) is 0 Å². The highest BCUT2D eigenvalue weighted by atomic mass is 16.5. The van der Waals surface area contributed by atoms with Gasteiger partial charge in [0.2, 0.25) is 0 Å². The number of hydrogen-bond acceptors (Lipinski definition) is 6. The number of nitrogens with zero attached hydrogens (tertiary/aromatic N) is 6. The van der Waals surface area contributed by atoms with Crippen molar-refractivity contribution in [1.29, 1.82) is 0 Å². The lowest BCUT2D eigenvalue weighted by Crippen LogP contribution is -2.39. The number of likely N-dealkylation sites (tertiary alicyclic amines) is 1. The first-order valence-electron chi connectivity index (χ1n) is 9.53. The van der Waals surface area contributed by atoms with Gasteiger partial charge in [0, 0.05) is 25.5 Å². The largest absolute Gasteiger partial charge is 0.361 e. The second-order valence-electron chi connectivity index (χ2n) is 7.34. The van der Waals surface area contributed by atoms with Crippen LogP contribution < -0.4 is 0 Å². The second-order valence-corrected chi connectivity index (χ2v) is 7.34. The Morgan fingerprint density at radius 2 is 2.04 bits per heavy atom. The lowest BCUT2D eigenvalue weighted by molar-refractivity contribution is 0.0599. The van der Waals surface area contributed by atoms with Crippen molar-refractivity contribution in [1.82, 2.24) is 29.8 Å². The zero-order chi connectivity index (χ0) is 19.8. The summed E-state index contributed by atoms with van der Waals surface area (Å²) >= 11 is 0. The minimum absolute atomic E-state index is 0.0551. The van der Waals surface area contributed by atoms with E-state index in [0.29, 0.717) is 23.8 Å². The fraction of sp³-hybridized carbons (Fsp3) is 0.450. The van der Waals surface area contributed by atoms with Crippen molar-refractivity contribution in [3.05, 3.63) is 46.9 Å². The van der Waals surface area contributed by atoms with Gasteiger partial charge in [-0.1, -0.05) is 5.16 Å². The Bertz CT molecular complexity index is 1000. The van der Waals surface area contributed by atoms with Crippen LogP contribution in [0.15, 0.2) is 22.9 Å². The maximum atomic E-state index is 13.1. The van der Waals surface area contributed by atoms with E-state index in [1.807, 2.05) is 38.8 Å². The molecule has 28 heavy (non-hydrogen) atoms. The molecule has 1 amide bonds. The molecule has 1 fully saturated rings. The summed E-state index contributed by atoms with van der Waals surface area (Å²) in [6, 6.07) is 3.63. The highest BCUT2D eigenvalue weighted by Gasteiger charge is 2.31. The molecule has 146 valence electrons. The third-order valence-corrected chi connectivity index (χ3v) is 5.17. The summed E-state index contributed by atoms with van der Waals surface area (Å²) in [5.74, 6) is 1.24. The van der Waals surface area contributed by atoms with Crippen molar-refractivity contribution in [3.63, 3.8) is 0 Å². The Kier molecular flexibility index (Phi) is 4.70. The van der Waals surface area contributed by atoms with Crippen LogP contribution in [0, 0.1) is 20.8 Å². The highest BCUT2D eigenvalue weighted by molar-refractivity contribution is 5.92. The molecule has 8 nitrogen and oxygen atoms in total. The third kappa shape index (κ3) is 3.30. The van der Waals surface area contributed by atoms with Crippen molar-refractivity contribution in [2.75, 3.05) is 6.54 Å². The van der Waals surface area contributed by atoms with Gasteiger partial charge in [0.05, 0.1) is 23.0 Å². The molecular formula is C20H24N6O2. The molecule has 0 bridgehead atoms.